The van der Waals surface area contributed by atoms with Gasteiger partial charge in [0, 0.05) is 31.1 Å². The molecule has 6 heteroatoms. The monoisotopic (exact) mass is 442 g/mol. The maximum absolute atomic E-state index is 13.6. The molecule has 3 saturated heterocycles. The Bertz CT molecular complexity index is 933. The van der Waals surface area contributed by atoms with Crippen LogP contribution in [0.1, 0.15) is 42.7 Å². The van der Waals surface area contributed by atoms with Gasteiger partial charge in [0.2, 0.25) is 5.91 Å². The highest BCUT2D eigenvalue weighted by Crippen LogP contribution is 2.51. The molecule has 0 saturated carbocycles. The number of nitrogens with zero attached hydrogens (tertiary/aromatic N) is 1. The molecule has 31 heavy (non-hydrogen) atoms. The third kappa shape index (κ3) is 3.58. The predicted octanol–water partition coefficient (Wildman–Crippen LogP) is 4.68. The lowest BCUT2D eigenvalue weighted by atomic mass is 9.67. The van der Waals surface area contributed by atoms with Crippen LogP contribution in [0.2, 0.25) is 0 Å². The lowest BCUT2D eigenvalue weighted by molar-refractivity contribution is -0.132. The van der Waals surface area contributed by atoms with Gasteiger partial charge in [0.15, 0.2) is 0 Å². The SMILES string of the molecule is O=C1NCC(c2ccc(F)cc2)C12CCN(C1(c3ccc(F)cc3)CCSCC1)CC2. The van der Waals surface area contributed by atoms with E-state index < -0.39 is 5.41 Å². The highest BCUT2D eigenvalue weighted by molar-refractivity contribution is 7.99. The molecule has 0 radical (unpaired) electrons. The molecule has 1 amide bonds. The zero-order chi connectivity index (χ0) is 21.5. The van der Waals surface area contributed by atoms with Crippen LogP contribution >= 0.6 is 11.8 Å². The quantitative estimate of drug-likeness (QED) is 0.749. The van der Waals surface area contributed by atoms with E-state index in [1.165, 1.54) is 17.7 Å². The van der Waals surface area contributed by atoms with Crippen LogP contribution in [0.3, 0.4) is 0 Å². The number of carbonyl (C=O) groups is 1. The van der Waals surface area contributed by atoms with Gasteiger partial charge in [0.1, 0.15) is 11.6 Å². The van der Waals surface area contributed by atoms with E-state index in [4.69, 9.17) is 0 Å². The van der Waals surface area contributed by atoms with Crippen LogP contribution in [0.5, 0.6) is 0 Å². The number of hydrogen-bond acceptors (Lipinski definition) is 3. The molecule has 0 aliphatic carbocycles. The second-order valence-corrected chi connectivity index (χ2v) is 10.3. The molecule has 164 valence electrons. The minimum Gasteiger partial charge on any atom is -0.355 e. The summed E-state index contributed by atoms with van der Waals surface area (Å²) in [5, 5.41) is 3.09. The summed E-state index contributed by atoms with van der Waals surface area (Å²) in [4.78, 5) is 15.6. The van der Waals surface area contributed by atoms with Crippen molar-refractivity contribution in [2.75, 3.05) is 31.1 Å². The van der Waals surface area contributed by atoms with Crippen molar-refractivity contribution in [2.24, 2.45) is 5.41 Å². The first-order chi connectivity index (χ1) is 15.0. The maximum atomic E-state index is 13.6. The average Bonchev–Trinajstić information content (AvgIpc) is 3.11. The highest BCUT2D eigenvalue weighted by atomic mass is 32.2. The summed E-state index contributed by atoms with van der Waals surface area (Å²) in [6.07, 6.45) is 3.67. The van der Waals surface area contributed by atoms with E-state index in [2.05, 4.69) is 10.2 Å². The lowest BCUT2D eigenvalue weighted by Crippen LogP contribution is -2.55. The normalized spacial score (nSPS) is 25.5. The smallest absolute Gasteiger partial charge is 0.227 e. The van der Waals surface area contributed by atoms with E-state index in [-0.39, 0.29) is 29.0 Å². The largest absolute Gasteiger partial charge is 0.355 e. The van der Waals surface area contributed by atoms with E-state index >= 15 is 0 Å². The molecule has 1 unspecified atom stereocenters. The number of likely N-dealkylation sites (tertiary alicyclic amines) is 1. The van der Waals surface area contributed by atoms with Crippen molar-refractivity contribution in [3.05, 3.63) is 71.3 Å². The number of hydrogen-bond donors (Lipinski definition) is 1. The summed E-state index contributed by atoms with van der Waals surface area (Å²) >= 11 is 1.98. The van der Waals surface area contributed by atoms with Gasteiger partial charge < -0.3 is 5.32 Å². The number of thioether (sulfide) groups is 1. The molecule has 5 rings (SSSR count). The van der Waals surface area contributed by atoms with Crippen molar-refractivity contribution in [3.8, 4) is 0 Å². The first-order valence-electron chi connectivity index (χ1n) is 11.2. The molecular weight excluding hydrogens is 414 g/mol. The van der Waals surface area contributed by atoms with Crippen molar-refractivity contribution in [1.82, 2.24) is 10.2 Å². The number of carbonyl (C=O) groups excluding carboxylic acids is 1. The number of amides is 1. The Morgan fingerprint density at radius 3 is 2.06 bits per heavy atom. The third-order valence-electron chi connectivity index (χ3n) is 7.82. The second-order valence-electron chi connectivity index (χ2n) is 9.11. The fourth-order valence-corrected chi connectivity index (χ4v) is 7.19. The van der Waals surface area contributed by atoms with Gasteiger partial charge in [-0.05, 0) is 72.6 Å². The molecule has 2 aromatic carbocycles. The van der Waals surface area contributed by atoms with Gasteiger partial charge in [-0.3, -0.25) is 9.69 Å². The molecule has 1 N–H and O–H groups in total. The minimum atomic E-state index is -0.429. The van der Waals surface area contributed by atoms with Gasteiger partial charge in [-0.25, -0.2) is 8.78 Å². The molecule has 3 aliphatic rings. The summed E-state index contributed by atoms with van der Waals surface area (Å²) < 4.78 is 27.1. The first kappa shape index (κ1) is 21.0. The number of benzene rings is 2. The number of piperidine rings is 1. The minimum absolute atomic E-state index is 0.0754. The topological polar surface area (TPSA) is 32.3 Å². The van der Waals surface area contributed by atoms with Crippen LogP contribution in [0, 0.1) is 17.0 Å². The molecule has 0 bridgehead atoms. The Morgan fingerprint density at radius 1 is 0.871 bits per heavy atom. The highest BCUT2D eigenvalue weighted by Gasteiger charge is 2.54. The van der Waals surface area contributed by atoms with E-state index in [0.717, 1.165) is 55.8 Å². The predicted molar refractivity (Wildman–Crippen MR) is 120 cm³/mol. The Hall–Kier alpha value is -1.92. The third-order valence-corrected chi connectivity index (χ3v) is 8.81. The van der Waals surface area contributed by atoms with Crippen LogP contribution in [-0.2, 0) is 10.3 Å². The van der Waals surface area contributed by atoms with Gasteiger partial charge in [0.05, 0.1) is 5.41 Å². The van der Waals surface area contributed by atoms with Crippen LogP contribution in [0.4, 0.5) is 8.78 Å². The van der Waals surface area contributed by atoms with Gasteiger partial charge in [-0.15, -0.1) is 0 Å². The molecular formula is C25H28F2N2OS. The zero-order valence-electron chi connectivity index (χ0n) is 17.6. The van der Waals surface area contributed by atoms with Gasteiger partial charge in [0.25, 0.3) is 0 Å². The summed E-state index contributed by atoms with van der Waals surface area (Å²) in [6, 6.07) is 13.7. The lowest BCUT2D eigenvalue weighted by Gasteiger charge is -2.52. The van der Waals surface area contributed by atoms with E-state index in [0.29, 0.717) is 6.54 Å². The van der Waals surface area contributed by atoms with E-state index in [9.17, 15) is 13.6 Å². The molecule has 1 atom stereocenters. The van der Waals surface area contributed by atoms with Gasteiger partial charge >= 0.3 is 0 Å². The Balaban J connectivity index is 1.41. The van der Waals surface area contributed by atoms with Crippen LogP contribution < -0.4 is 5.32 Å². The maximum Gasteiger partial charge on any atom is 0.227 e. The fraction of sp³-hybridized carbons (Fsp3) is 0.480. The molecule has 3 aliphatic heterocycles. The summed E-state index contributed by atoms with van der Waals surface area (Å²) in [6.45, 7) is 2.30. The van der Waals surface area contributed by atoms with E-state index in [1.807, 2.05) is 36.0 Å². The molecule has 1 spiro atoms. The Morgan fingerprint density at radius 2 is 1.45 bits per heavy atom. The van der Waals surface area contributed by atoms with Crippen LogP contribution in [0.15, 0.2) is 48.5 Å². The average molecular weight is 443 g/mol. The zero-order valence-corrected chi connectivity index (χ0v) is 18.4. The Kier molecular flexibility index (Phi) is 5.55. The van der Waals surface area contributed by atoms with Crippen molar-refractivity contribution in [3.63, 3.8) is 0 Å². The fourth-order valence-electron chi connectivity index (χ4n) is 6.02. The first-order valence-corrected chi connectivity index (χ1v) is 12.3. The number of halogens is 2. The van der Waals surface area contributed by atoms with Crippen molar-refractivity contribution in [2.45, 2.75) is 37.1 Å². The van der Waals surface area contributed by atoms with Crippen molar-refractivity contribution in [1.29, 1.82) is 0 Å². The van der Waals surface area contributed by atoms with Crippen LogP contribution in [-0.4, -0.2) is 41.9 Å². The summed E-state index contributed by atoms with van der Waals surface area (Å²) in [5.41, 5.74) is 1.72. The van der Waals surface area contributed by atoms with Crippen molar-refractivity contribution >= 4 is 17.7 Å². The van der Waals surface area contributed by atoms with Crippen LogP contribution in [0.25, 0.3) is 0 Å². The standard InChI is InChI=1S/C25H28F2N2OS/c26-20-5-1-18(2-6-20)22-17-28-23(30)24(22)9-13-29(14-10-24)25(11-15-31-16-12-25)19-3-7-21(27)8-4-19/h1-8,22H,9-17H2,(H,28,30). The number of rotatable bonds is 3. The van der Waals surface area contributed by atoms with Gasteiger partial charge in [-0.1, -0.05) is 24.3 Å². The molecule has 2 aromatic rings. The Labute approximate surface area is 186 Å². The molecule has 3 heterocycles. The number of nitrogens with one attached hydrogen (secondary N) is 1. The van der Waals surface area contributed by atoms with Gasteiger partial charge in [-0.2, -0.15) is 11.8 Å². The summed E-state index contributed by atoms with van der Waals surface area (Å²) in [7, 11) is 0. The molecule has 3 fully saturated rings. The summed E-state index contributed by atoms with van der Waals surface area (Å²) in [5.74, 6) is 1.95. The molecule has 3 nitrogen and oxygen atoms in total. The molecule has 0 aromatic heterocycles. The second kappa shape index (κ2) is 8.21. The van der Waals surface area contributed by atoms with E-state index in [1.54, 1.807) is 12.1 Å². The van der Waals surface area contributed by atoms with Crippen molar-refractivity contribution < 1.29 is 13.6 Å².